The highest BCUT2D eigenvalue weighted by atomic mass is 16.6. The third-order valence-corrected chi connectivity index (χ3v) is 6.36. The molecule has 0 bridgehead atoms. The van der Waals surface area contributed by atoms with Crippen molar-refractivity contribution in [2.24, 2.45) is 0 Å². The number of hydrogen-bond donors (Lipinski definition) is 4. The largest absolute Gasteiger partial charge is 0.508 e. The summed E-state index contributed by atoms with van der Waals surface area (Å²) < 4.78 is 5.41. The molecule has 0 radical (unpaired) electrons. The summed E-state index contributed by atoms with van der Waals surface area (Å²) in [6.07, 6.45) is 3.23. The van der Waals surface area contributed by atoms with Crippen LogP contribution in [-0.2, 0) is 27.2 Å². The fourth-order valence-corrected chi connectivity index (χ4v) is 4.38. The maximum atomic E-state index is 13.5. The van der Waals surface area contributed by atoms with Crippen LogP contribution in [-0.4, -0.2) is 47.2 Å². The van der Waals surface area contributed by atoms with E-state index in [4.69, 9.17) is 4.74 Å². The fourth-order valence-electron chi connectivity index (χ4n) is 4.38. The van der Waals surface area contributed by atoms with Gasteiger partial charge in [-0.1, -0.05) is 50.1 Å². The lowest BCUT2D eigenvalue weighted by Gasteiger charge is -2.26. The van der Waals surface area contributed by atoms with Crippen molar-refractivity contribution in [3.63, 3.8) is 0 Å². The van der Waals surface area contributed by atoms with Gasteiger partial charge in [0.25, 0.3) is 0 Å². The van der Waals surface area contributed by atoms with E-state index in [1.165, 1.54) is 5.56 Å². The SMILES string of the molecule is CCCC[C@@H](NC(=O)C(Cc1c(C)cc(O)cc1C)NC(=O)OC(C)(C)C)C(=O)NCCCc1ccccc1. The molecule has 3 amide bonds. The molecule has 2 aromatic rings. The molecule has 0 aliphatic heterocycles. The minimum absolute atomic E-state index is 0.137. The number of rotatable bonds is 13. The Morgan fingerprint density at radius 2 is 1.56 bits per heavy atom. The van der Waals surface area contributed by atoms with Crippen LogP contribution in [0.5, 0.6) is 5.75 Å². The molecule has 0 saturated carbocycles. The Labute approximate surface area is 232 Å². The molecule has 0 fully saturated rings. The second-order valence-corrected chi connectivity index (χ2v) is 11.0. The Balaban J connectivity index is 2.14. The summed E-state index contributed by atoms with van der Waals surface area (Å²) in [5, 5.41) is 18.5. The van der Waals surface area contributed by atoms with Crippen LogP contribution < -0.4 is 16.0 Å². The molecule has 2 aromatic carbocycles. The zero-order valence-corrected chi connectivity index (χ0v) is 24.2. The highest BCUT2D eigenvalue weighted by Crippen LogP contribution is 2.22. The number of benzene rings is 2. The van der Waals surface area contributed by atoms with Gasteiger partial charge in [-0.25, -0.2) is 4.79 Å². The lowest BCUT2D eigenvalue weighted by molar-refractivity contribution is -0.130. The highest BCUT2D eigenvalue weighted by Gasteiger charge is 2.29. The van der Waals surface area contributed by atoms with Crippen LogP contribution in [0.2, 0.25) is 0 Å². The van der Waals surface area contributed by atoms with E-state index in [0.717, 1.165) is 42.4 Å². The quantitative estimate of drug-likeness (QED) is 0.271. The molecule has 0 aliphatic rings. The summed E-state index contributed by atoms with van der Waals surface area (Å²) in [4.78, 5) is 39.2. The van der Waals surface area contributed by atoms with Crippen molar-refractivity contribution in [3.05, 3.63) is 64.7 Å². The van der Waals surface area contributed by atoms with E-state index in [9.17, 15) is 19.5 Å². The number of aromatic hydroxyl groups is 1. The lowest BCUT2D eigenvalue weighted by Crippen LogP contribution is -2.55. The van der Waals surface area contributed by atoms with Crippen LogP contribution in [0.3, 0.4) is 0 Å². The van der Waals surface area contributed by atoms with E-state index in [1.807, 2.05) is 39.0 Å². The first kappa shape index (κ1) is 31.7. The van der Waals surface area contributed by atoms with Gasteiger partial charge in [-0.2, -0.15) is 0 Å². The lowest BCUT2D eigenvalue weighted by atomic mass is 9.95. The number of phenols is 1. The number of alkyl carbamates (subject to hydrolysis) is 1. The van der Waals surface area contributed by atoms with Gasteiger partial charge < -0.3 is 25.8 Å². The number of nitrogens with one attached hydrogen (secondary N) is 3. The van der Waals surface area contributed by atoms with Gasteiger partial charge in [-0.3, -0.25) is 9.59 Å². The molecule has 0 saturated heterocycles. The predicted octanol–water partition coefficient (Wildman–Crippen LogP) is 4.87. The van der Waals surface area contributed by atoms with Crippen molar-refractivity contribution in [3.8, 4) is 5.75 Å². The van der Waals surface area contributed by atoms with Gasteiger partial charge in [0.2, 0.25) is 11.8 Å². The number of unbranched alkanes of at least 4 members (excludes halogenated alkanes) is 1. The van der Waals surface area contributed by atoms with Crippen molar-refractivity contribution in [1.29, 1.82) is 0 Å². The van der Waals surface area contributed by atoms with Crippen LogP contribution in [0.15, 0.2) is 42.5 Å². The van der Waals surface area contributed by atoms with Crippen LogP contribution in [0.25, 0.3) is 0 Å². The number of amides is 3. The minimum Gasteiger partial charge on any atom is -0.508 e. The summed E-state index contributed by atoms with van der Waals surface area (Å²) in [6, 6.07) is 11.6. The Hall–Kier alpha value is -3.55. The van der Waals surface area contributed by atoms with E-state index in [1.54, 1.807) is 32.9 Å². The number of hydrogen-bond acceptors (Lipinski definition) is 5. The average molecular weight is 540 g/mol. The molecule has 1 unspecified atom stereocenters. The van der Waals surface area contributed by atoms with Gasteiger partial charge in [0, 0.05) is 13.0 Å². The molecule has 0 aliphatic carbocycles. The summed E-state index contributed by atoms with van der Waals surface area (Å²) in [6.45, 7) is 11.5. The first-order chi connectivity index (χ1) is 18.4. The number of ether oxygens (including phenoxy) is 1. The predicted molar refractivity (Wildman–Crippen MR) is 154 cm³/mol. The summed E-state index contributed by atoms with van der Waals surface area (Å²) in [5.74, 6) is -0.565. The van der Waals surface area contributed by atoms with Crippen LogP contribution in [0.4, 0.5) is 4.79 Å². The summed E-state index contributed by atoms with van der Waals surface area (Å²) in [5.41, 5.74) is 2.90. The second-order valence-electron chi connectivity index (χ2n) is 11.0. The van der Waals surface area contributed by atoms with E-state index < -0.39 is 29.7 Å². The Morgan fingerprint density at radius 1 is 0.923 bits per heavy atom. The summed E-state index contributed by atoms with van der Waals surface area (Å²) in [7, 11) is 0. The molecular formula is C31H45N3O5. The number of carbonyl (C=O) groups is 3. The highest BCUT2D eigenvalue weighted by molar-refractivity contribution is 5.91. The second kappa shape index (κ2) is 15.1. The standard InChI is InChI=1S/C31H45N3O5/c1-7-8-16-26(28(36)32-17-12-15-23-13-10-9-11-14-23)33-29(37)27(34-30(38)39-31(4,5)6)20-25-21(2)18-24(35)19-22(25)3/h9-11,13-14,18-19,26-27,35H,7-8,12,15-17,20H2,1-6H3,(H,32,36)(H,33,37)(H,34,38)/t26-,27?/m1/s1. The van der Waals surface area contributed by atoms with Crippen LogP contribution >= 0.6 is 0 Å². The Morgan fingerprint density at radius 3 is 2.15 bits per heavy atom. The summed E-state index contributed by atoms with van der Waals surface area (Å²) >= 11 is 0. The first-order valence-electron chi connectivity index (χ1n) is 13.8. The van der Waals surface area contributed by atoms with Crippen LogP contribution in [0.1, 0.15) is 75.6 Å². The number of phenolic OH excluding ortho intramolecular Hbond substituents is 1. The smallest absolute Gasteiger partial charge is 0.408 e. The zero-order valence-electron chi connectivity index (χ0n) is 24.2. The topological polar surface area (TPSA) is 117 Å². The van der Waals surface area contributed by atoms with Gasteiger partial charge in [0.1, 0.15) is 23.4 Å². The van der Waals surface area contributed by atoms with Gasteiger partial charge in [0.15, 0.2) is 0 Å². The monoisotopic (exact) mass is 539 g/mol. The molecule has 0 aromatic heterocycles. The van der Waals surface area contributed by atoms with Gasteiger partial charge in [-0.05, 0) is 88.3 Å². The molecule has 39 heavy (non-hydrogen) atoms. The molecule has 2 rings (SSSR count). The van der Waals surface area contributed by atoms with Crippen molar-refractivity contribution < 1.29 is 24.2 Å². The van der Waals surface area contributed by atoms with Crippen LogP contribution in [0, 0.1) is 13.8 Å². The van der Waals surface area contributed by atoms with E-state index in [-0.39, 0.29) is 18.1 Å². The molecule has 0 spiro atoms. The third kappa shape index (κ3) is 11.4. The Kier molecular flexibility index (Phi) is 12.3. The van der Waals surface area contributed by atoms with Crippen molar-refractivity contribution >= 4 is 17.9 Å². The molecule has 8 nitrogen and oxygen atoms in total. The van der Waals surface area contributed by atoms with Gasteiger partial charge >= 0.3 is 6.09 Å². The third-order valence-electron chi connectivity index (χ3n) is 6.36. The normalized spacial score (nSPS) is 12.8. The fraction of sp³-hybridized carbons (Fsp3) is 0.516. The zero-order chi connectivity index (χ0) is 29.0. The van der Waals surface area contributed by atoms with Crippen molar-refractivity contribution in [2.75, 3.05) is 6.54 Å². The maximum absolute atomic E-state index is 13.5. The number of aryl methyl sites for hydroxylation is 3. The van der Waals surface area contributed by atoms with E-state index >= 15 is 0 Å². The van der Waals surface area contributed by atoms with Crippen molar-refractivity contribution in [1.82, 2.24) is 16.0 Å². The van der Waals surface area contributed by atoms with E-state index in [2.05, 4.69) is 28.1 Å². The maximum Gasteiger partial charge on any atom is 0.408 e. The average Bonchev–Trinajstić information content (AvgIpc) is 2.85. The van der Waals surface area contributed by atoms with E-state index in [0.29, 0.717) is 13.0 Å². The molecule has 4 N–H and O–H groups in total. The minimum atomic E-state index is -0.975. The molecule has 2 atom stereocenters. The molecule has 214 valence electrons. The Bertz CT molecular complexity index is 1070. The molecule has 0 heterocycles. The molecular weight excluding hydrogens is 494 g/mol. The van der Waals surface area contributed by atoms with Crippen molar-refractivity contribution in [2.45, 2.75) is 97.8 Å². The van der Waals surface area contributed by atoms with Gasteiger partial charge in [0.05, 0.1) is 0 Å². The number of carbonyl (C=O) groups excluding carboxylic acids is 3. The molecule has 8 heteroatoms. The van der Waals surface area contributed by atoms with Gasteiger partial charge in [-0.15, -0.1) is 0 Å². The first-order valence-corrected chi connectivity index (χ1v) is 13.8.